The Balaban J connectivity index is 1.87. The Bertz CT molecular complexity index is 1380. The maximum absolute atomic E-state index is 6.26. The number of benzene rings is 4. The van der Waals surface area contributed by atoms with Crippen molar-refractivity contribution in [2.45, 2.75) is 0 Å². The van der Waals surface area contributed by atoms with E-state index in [1.165, 1.54) is 0 Å². The van der Waals surface area contributed by atoms with Crippen LogP contribution >= 0.6 is 0 Å². The molecule has 8 nitrogen and oxygen atoms in total. The smallest absolute Gasteiger partial charge is 0.221 e. The highest BCUT2D eigenvalue weighted by molar-refractivity contribution is 5.95. The molecule has 0 bridgehead atoms. The number of nitrogens with zero attached hydrogens (tertiary/aromatic N) is 3. The summed E-state index contributed by atoms with van der Waals surface area (Å²) in [5.74, 6) is 0.145. The molecule has 0 spiro atoms. The van der Waals surface area contributed by atoms with Crippen molar-refractivity contribution >= 4 is 45.8 Å². The van der Waals surface area contributed by atoms with E-state index in [1.807, 2.05) is 97.1 Å². The van der Waals surface area contributed by atoms with Crippen LogP contribution in [-0.4, -0.2) is 9.97 Å². The number of aromatic nitrogens is 2. The average molecular weight is 475 g/mol. The molecule has 0 fully saturated rings. The van der Waals surface area contributed by atoms with Gasteiger partial charge >= 0.3 is 0 Å². The normalized spacial score (nSPS) is 10.8. The molecule has 5 rings (SSSR count). The highest BCUT2D eigenvalue weighted by Crippen LogP contribution is 2.45. The van der Waals surface area contributed by atoms with Gasteiger partial charge in [-0.3, -0.25) is 0 Å². The van der Waals surface area contributed by atoms with Crippen LogP contribution < -0.4 is 33.6 Å². The summed E-state index contributed by atoms with van der Waals surface area (Å²) >= 11 is 0. The SMILES string of the molecule is Nc1ccc(-c2nc(N)nc(-c3ccc(N)cc3)c2N(c2ccc(N)cc2)c2ccc(N)cc2)cc1. The molecule has 1 aromatic heterocycles. The Morgan fingerprint density at radius 3 is 1.06 bits per heavy atom. The second-order valence-corrected chi connectivity index (χ2v) is 8.39. The van der Waals surface area contributed by atoms with E-state index in [4.69, 9.17) is 38.6 Å². The molecule has 10 N–H and O–H groups in total. The monoisotopic (exact) mass is 474 g/mol. The Morgan fingerprint density at radius 2 is 0.722 bits per heavy atom. The van der Waals surface area contributed by atoms with Gasteiger partial charge in [0.1, 0.15) is 11.4 Å². The highest BCUT2D eigenvalue weighted by atomic mass is 15.2. The minimum Gasteiger partial charge on any atom is -0.399 e. The molecule has 0 saturated carbocycles. The molecule has 0 aliphatic rings. The lowest BCUT2D eigenvalue weighted by Gasteiger charge is -2.29. The van der Waals surface area contributed by atoms with Gasteiger partial charge in [0.25, 0.3) is 0 Å². The van der Waals surface area contributed by atoms with Gasteiger partial charge in [-0.15, -0.1) is 0 Å². The topological polar surface area (TPSA) is 159 Å². The van der Waals surface area contributed by atoms with Gasteiger partial charge in [-0.05, 0) is 72.8 Å². The van der Waals surface area contributed by atoms with Gasteiger partial charge in [-0.25, -0.2) is 9.97 Å². The van der Waals surface area contributed by atoms with Crippen LogP contribution in [0.1, 0.15) is 0 Å². The molecule has 0 aliphatic carbocycles. The molecule has 0 amide bonds. The second-order valence-electron chi connectivity index (χ2n) is 8.39. The van der Waals surface area contributed by atoms with Crippen LogP contribution in [0.3, 0.4) is 0 Å². The summed E-state index contributed by atoms with van der Waals surface area (Å²) in [5, 5.41) is 0. The number of rotatable bonds is 5. The van der Waals surface area contributed by atoms with E-state index in [1.54, 1.807) is 0 Å². The molecule has 1 heterocycles. The van der Waals surface area contributed by atoms with Crippen LogP contribution in [0.5, 0.6) is 0 Å². The molecular weight excluding hydrogens is 448 g/mol. The fourth-order valence-corrected chi connectivity index (χ4v) is 4.02. The lowest BCUT2D eigenvalue weighted by Crippen LogP contribution is -2.15. The molecule has 4 aromatic carbocycles. The van der Waals surface area contributed by atoms with Gasteiger partial charge in [-0.1, -0.05) is 24.3 Å². The lowest BCUT2D eigenvalue weighted by molar-refractivity contribution is 1.15. The van der Waals surface area contributed by atoms with Crippen molar-refractivity contribution in [2.75, 3.05) is 33.6 Å². The molecule has 36 heavy (non-hydrogen) atoms. The quantitative estimate of drug-likeness (QED) is 0.218. The molecule has 0 unspecified atom stereocenters. The van der Waals surface area contributed by atoms with E-state index in [0.717, 1.165) is 28.2 Å². The minimum absolute atomic E-state index is 0.145. The van der Waals surface area contributed by atoms with Crippen LogP contribution in [-0.2, 0) is 0 Å². The summed E-state index contributed by atoms with van der Waals surface area (Å²) in [7, 11) is 0. The molecule has 8 heteroatoms. The maximum atomic E-state index is 6.26. The van der Waals surface area contributed by atoms with Crippen molar-refractivity contribution in [1.82, 2.24) is 9.97 Å². The van der Waals surface area contributed by atoms with Crippen LogP contribution in [0.25, 0.3) is 22.5 Å². The Kier molecular flexibility index (Phi) is 5.75. The Labute approximate surface area is 209 Å². The summed E-state index contributed by atoms with van der Waals surface area (Å²) in [6.07, 6.45) is 0. The molecule has 178 valence electrons. The summed E-state index contributed by atoms with van der Waals surface area (Å²) in [6.45, 7) is 0. The zero-order valence-electron chi connectivity index (χ0n) is 19.5. The van der Waals surface area contributed by atoms with Crippen molar-refractivity contribution in [2.24, 2.45) is 0 Å². The van der Waals surface area contributed by atoms with Gasteiger partial charge in [0.15, 0.2) is 0 Å². The van der Waals surface area contributed by atoms with Crippen LogP contribution in [0.15, 0.2) is 97.1 Å². The molecule has 5 aromatic rings. The van der Waals surface area contributed by atoms with Gasteiger partial charge in [0.05, 0.1) is 5.69 Å². The van der Waals surface area contributed by atoms with Crippen molar-refractivity contribution in [1.29, 1.82) is 0 Å². The number of nitrogen functional groups attached to an aromatic ring is 5. The predicted molar refractivity (Wildman–Crippen MR) is 150 cm³/mol. The Hall–Kier alpha value is -5.24. The van der Waals surface area contributed by atoms with Crippen molar-refractivity contribution in [3.8, 4) is 22.5 Å². The summed E-state index contributed by atoms with van der Waals surface area (Å²) < 4.78 is 0. The molecule has 0 radical (unpaired) electrons. The number of hydrogen-bond acceptors (Lipinski definition) is 8. The number of anilines is 8. The van der Waals surface area contributed by atoms with E-state index in [2.05, 4.69) is 4.90 Å². The molecule has 0 aliphatic heterocycles. The third kappa shape index (κ3) is 4.43. The average Bonchev–Trinajstić information content (AvgIpc) is 2.88. The van der Waals surface area contributed by atoms with Crippen molar-refractivity contribution < 1.29 is 0 Å². The zero-order chi connectivity index (χ0) is 25.2. The fourth-order valence-electron chi connectivity index (χ4n) is 4.02. The van der Waals surface area contributed by atoms with Crippen LogP contribution in [0, 0.1) is 0 Å². The van der Waals surface area contributed by atoms with Gasteiger partial charge in [-0.2, -0.15) is 0 Å². The van der Waals surface area contributed by atoms with E-state index in [-0.39, 0.29) is 5.95 Å². The lowest BCUT2D eigenvalue weighted by atomic mass is 10.0. The van der Waals surface area contributed by atoms with Gasteiger partial charge < -0.3 is 33.6 Å². The van der Waals surface area contributed by atoms with Crippen LogP contribution in [0.2, 0.25) is 0 Å². The first-order chi connectivity index (χ1) is 17.4. The van der Waals surface area contributed by atoms with Crippen LogP contribution in [0.4, 0.5) is 45.8 Å². The van der Waals surface area contributed by atoms with E-state index >= 15 is 0 Å². The maximum Gasteiger partial charge on any atom is 0.221 e. The summed E-state index contributed by atoms with van der Waals surface area (Å²) in [6, 6.07) is 30.2. The number of hydrogen-bond donors (Lipinski definition) is 5. The second kappa shape index (κ2) is 9.19. The van der Waals surface area contributed by atoms with Crippen molar-refractivity contribution in [3.05, 3.63) is 97.1 Å². The predicted octanol–water partition coefficient (Wildman–Crippen LogP) is 5.19. The standard InChI is InChI=1S/C28H26N8/c29-19-5-1-17(2-6-19)25-27(26(35-28(33)34-25)18-3-7-20(30)8-4-18)36(23-13-9-21(31)10-14-23)24-15-11-22(32)12-16-24/h1-16H,29-32H2,(H2,33,34,35). The fraction of sp³-hybridized carbons (Fsp3) is 0. The third-order valence-corrected chi connectivity index (χ3v) is 5.80. The summed E-state index contributed by atoms with van der Waals surface area (Å²) in [4.78, 5) is 11.5. The first-order valence-corrected chi connectivity index (χ1v) is 11.3. The largest absolute Gasteiger partial charge is 0.399 e. The summed E-state index contributed by atoms with van der Waals surface area (Å²) in [5.41, 5.74) is 38.2. The molecule has 0 atom stereocenters. The van der Waals surface area contributed by atoms with E-state index < -0.39 is 0 Å². The first-order valence-electron chi connectivity index (χ1n) is 11.3. The molecular formula is C28H26N8. The third-order valence-electron chi connectivity index (χ3n) is 5.80. The van der Waals surface area contributed by atoms with Gasteiger partial charge in [0.2, 0.25) is 5.95 Å². The van der Waals surface area contributed by atoms with Gasteiger partial charge in [0, 0.05) is 45.3 Å². The Morgan fingerprint density at radius 1 is 0.417 bits per heavy atom. The molecule has 0 saturated heterocycles. The van der Waals surface area contributed by atoms with E-state index in [9.17, 15) is 0 Å². The van der Waals surface area contributed by atoms with Crippen molar-refractivity contribution in [3.63, 3.8) is 0 Å². The highest BCUT2D eigenvalue weighted by Gasteiger charge is 2.25. The zero-order valence-corrected chi connectivity index (χ0v) is 19.5. The number of nitrogens with two attached hydrogens (primary N) is 5. The first kappa shape index (κ1) is 22.5. The van der Waals surface area contributed by atoms with E-state index in [0.29, 0.717) is 34.1 Å². The minimum atomic E-state index is 0.145.